The SMILES string of the molecule is COC1=C=C(N2CCOCC2)C(CC(C)(C)C(C)(C)C(CC(C)(C)SSc2ccccn2)C(=O)N2CC(C)N(C(=O)OC(C)(C)C)CC2C)C(C)(C)C1C. The second-order valence-corrected chi connectivity index (χ2v) is 22.1. The Bertz CT molecular complexity index is 1530. The van der Waals surface area contributed by atoms with Crippen LogP contribution in [0.1, 0.15) is 110 Å². The van der Waals surface area contributed by atoms with Crippen LogP contribution in [0.3, 0.4) is 0 Å². The number of nitrogens with zero attached hydrogens (tertiary/aromatic N) is 4. The van der Waals surface area contributed by atoms with Crippen molar-refractivity contribution in [2.75, 3.05) is 46.5 Å². The number of carbonyl (C=O) groups excluding carboxylic acids is 2. The number of pyridine rings is 1. The highest BCUT2D eigenvalue weighted by molar-refractivity contribution is 8.77. The van der Waals surface area contributed by atoms with Gasteiger partial charge in [0.15, 0.2) is 0 Å². The highest BCUT2D eigenvalue weighted by Crippen LogP contribution is 2.58. The zero-order chi connectivity index (χ0) is 40.4. The molecule has 1 aliphatic carbocycles. The lowest BCUT2D eigenvalue weighted by Crippen LogP contribution is -2.62. The number of rotatable bonds is 12. The standard InChI is InChI=1S/C43H70N4O5S2/c1-29-28-47(38(49)52-39(4,5)6)30(2)27-46(29)37(48)33(26-41(9,10)54-53-36-18-16-17-19-44-36)43(13,14)40(7,8)25-32-34(45-20-22-51-23-21-45)24-35(50-15)31(3)42(32,11)12/h16-19,29-33H,20-23,25-28H2,1-15H3. The maximum Gasteiger partial charge on any atom is 0.410 e. The summed E-state index contributed by atoms with van der Waals surface area (Å²) in [7, 11) is 5.22. The molecule has 9 nitrogen and oxygen atoms in total. The van der Waals surface area contributed by atoms with Gasteiger partial charge < -0.3 is 28.9 Å². The molecule has 11 heteroatoms. The molecule has 54 heavy (non-hydrogen) atoms. The van der Waals surface area contributed by atoms with E-state index in [4.69, 9.17) is 14.2 Å². The van der Waals surface area contributed by atoms with Crippen LogP contribution in [0.2, 0.25) is 0 Å². The largest absolute Gasteiger partial charge is 0.493 e. The Kier molecular flexibility index (Phi) is 14.0. The van der Waals surface area contributed by atoms with E-state index >= 15 is 4.79 Å². The van der Waals surface area contributed by atoms with Gasteiger partial charge in [-0.1, -0.05) is 71.1 Å². The summed E-state index contributed by atoms with van der Waals surface area (Å²) in [5.74, 6) is 1.13. The van der Waals surface area contributed by atoms with Crippen molar-refractivity contribution < 1.29 is 23.8 Å². The Morgan fingerprint density at radius 3 is 2.17 bits per heavy atom. The number of ether oxygens (including phenoxy) is 3. The second kappa shape index (κ2) is 17.0. The maximum absolute atomic E-state index is 15.4. The molecule has 0 aromatic carbocycles. The zero-order valence-electron chi connectivity index (χ0n) is 36.0. The normalized spacial score (nSPS) is 24.8. The number of methoxy groups -OCH3 is 1. The van der Waals surface area contributed by atoms with Gasteiger partial charge in [0.05, 0.1) is 26.0 Å². The molecular weight excluding hydrogens is 717 g/mol. The summed E-state index contributed by atoms with van der Waals surface area (Å²) in [4.78, 5) is 39.5. The van der Waals surface area contributed by atoms with Crippen molar-refractivity contribution >= 4 is 33.6 Å². The molecule has 1 aromatic rings. The van der Waals surface area contributed by atoms with E-state index in [9.17, 15) is 4.79 Å². The van der Waals surface area contributed by atoms with Gasteiger partial charge in [0.1, 0.15) is 16.4 Å². The van der Waals surface area contributed by atoms with Gasteiger partial charge in [0.25, 0.3) is 0 Å². The number of amides is 2. The molecule has 4 rings (SSSR count). The predicted octanol–water partition coefficient (Wildman–Crippen LogP) is 9.54. The van der Waals surface area contributed by atoms with E-state index in [1.807, 2.05) is 52.1 Å². The molecule has 3 heterocycles. The highest BCUT2D eigenvalue weighted by Gasteiger charge is 2.54. The van der Waals surface area contributed by atoms with Crippen LogP contribution in [-0.2, 0) is 19.0 Å². The van der Waals surface area contributed by atoms with Crippen molar-refractivity contribution in [3.63, 3.8) is 0 Å². The number of piperazine rings is 1. The lowest BCUT2D eigenvalue weighted by molar-refractivity contribution is -0.151. The summed E-state index contributed by atoms with van der Waals surface area (Å²) in [5, 5.41) is 0.957. The molecule has 2 fully saturated rings. The molecule has 2 amide bonds. The molecule has 5 unspecified atom stereocenters. The Hall–Kier alpha value is -2.33. The van der Waals surface area contributed by atoms with Crippen LogP contribution in [0, 0.1) is 34.0 Å². The van der Waals surface area contributed by atoms with Crippen LogP contribution in [0.15, 0.2) is 46.6 Å². The molecule has 2 saturated heterocycles. The number of morpholine rings is 1. The van der Waals surface area contributed by atoms with Crippen LogP contribution in [-0.4, -0.2) is 101 Å². The minimum atomic E-state index is -0.591. The summed E-state index contributed by atoms with van der Waals surface area (Å²) in [6.07, 6.45) is 3.07. The number of hydrogen-bond donors (Lipinski definition) is 0. The third kappa shape index (κ3) is 10.1. The van der Waals surface area contributed by atoms with Gasteiger partial charge >= 0.3 is 6.09 Å². The van der Waals surface area contributed by atoms with Crippen LogP contribution >= 0.6 is 21.6 Å². The summed E-state index contributed by atoms with van der Waals surface area (Å²) in [6.45, 7) is 34.6. The van der Waals surface area contributed by atoms with Crippen molar-refractivity contribution in [1.82, 2.24) is 19.7 Å². The lowest BCUT2D eigenvalue weighted by atomic mass is 9.53. The monoisotopic (exact) mass is 786 g/mol. The molecule has 0 bridgehead atoms. The quantitative estimate of drug-likeness (QED) is 0.152. The summed E-state index contributed by atoms with van der Waals surface area (Å²) < 4.78 is 17.3. The van der Waals surface area contributed by atoms with E-state index in [-0.39, 0.29) is 57.4 Å². The van der Waals surface area contributed by atoms with E-state index < -0.39 is 11.0 Å². The van der Waals surface area contributed by atoms with Crippen LogP contribution in [0.25, 0.3) is 0 Å². The van der Waals surface area contributed by atoms with Gasteiger partial charge in [-0.25, -0.2) is 9.78 Å². The Morgan fingerprint density at radius 2 is 1.59 bits per heavy atom. The van der Waals surface area contributed by atoms with Crippen molar-refractivity contribution in [2.45, 2.75) is 137 Å². The van der Waals surface area contributed by atoms with Gasteiger partial charge in [-0.2, -0.15) is 0 Å². The van der Waals surface area contributed by atoms with E-state index in [2.05, 4.69) is 89.8 Å². The first-order chi connectivity index (χ1) is 24.9. The zero-order valence-corrected chi connectivity index (χ0v) is 37.6. The molecule has 0 spiro atoms. The minimum Gasteiger partial charge on any atom is -0.493 e. The smallest absolute Gasteiger partial charge is 0.410 e. The molecule has 0 radical (unpaired) electrons. The van der Waals surface area contributed by atoms with E-state index in [1.165, 1.54) is 5.70 Å². The Balaban J connectivity index is 1.71. The third-order valence-corrected chi connectivity index (χ3v) is 16.0. The lowest BCUT2D eigenvalue weighted by Gasteiger charge is -2.55. The highest BCUT2D eigenvalue weighted by atomic mass is 33.1. The number of hydrogen-bond acceptors (Lipinski definition) is 9. The third-order valence-electron chi connectivity index (χ3n) is 12.8. The van der Waals surface area contributed by atoms with Crippen LogP contribution in [0.4, 0.5) is 4.79 Å². The first kappa shape index (κ1) is 44.4. The van der Waals surface area contributed by atoms with E-state index in [0.29, 0.717) is 32.7 Å². The number of carbonyl (C=O) groups is 2. The van der Waals surface area contributed by atoms with Crippen molar-refractivity contribution in [2.24, 2.45) is 34.0 Å². The molecular formula is C43H70N4O5S2. The minimum absolute atomic E-state index is 0.118. The predicted molar refractivity (Wildman–Crippen MR) is 222 cm³/mol. The fourth-order valence-electron chi connectivity index (χ4n) is 8.19. The Morgan fingerprint density at radius 1 is 0.981 bits per heavy atom. The maximum atomic E-state index is 15.4. The van der Waals surface area contributed by atoms with Gasteiger partial charge in [-0.05, 0) is 100 Å². The average molecular weight is 787 g/mol. The Labute approximate surface area is 335 Å². The number of aromatic nitrogens is 1. The van der Waals surface area contributed by atoms with Crippen LogP contribution in [0.5, 0.6) is 0 Å². The fraction of sp³-hybridized carbons (Fsp3) is 0.767. The molecule has 304 valence electrons. The van der Waals surface area contributed by atoms with Crippen LogP contribution < -0.4 is 0 Å². The number of allylic oxidation sites excluding steroid dienone is 1. The molecule has 3 aliphatic rings. The molecule has 2 aliphatic heterocycles. The van der Waals surface area contributed by atoms with Gasteiger partial charge in [-0.3, -0.25) is 4.79 Å². The van der Waals surface area contributed by atoms with Crippen molar-refractivity contribution in [3.8, 4) is 0 Å². The molecule has 0 saturated carbocycles. The van der Waals surface area contributed by atoms with E-state index in [1.54, 1.807) is 33.6 Å². The summed E-state index contributed by atoms with van der Waals surface area (Å²) >= 11 is 0. The topological polar surface area (TPSA) is 84.4 Å². The molecule has 5 atom stereocenters. The van der Waals surface area contributed by atoms with Gasteiger partial charge in [0, 0.05) is 67.0 Å². The first-order valence-electron chi connectivity index (χ1n) is 19.9. The summed E-state index contributed by atoms with van der Waals surface area (Å²) in [5.41, 5.74) is 3.56. The van der Waals surface area contributed by atoms with Crippen molar-refractivity contribution in [3.05, 3.63) is 41.6 Å². The van der Waals surface area contributed by atoms with Crippen molar-refractivity contribution in [1.29, 1.82) is 0 Å². The fourth-order valence-corrected chi connectivity index (χ4v) is 10.4. The van der Waals surface area contributed by atoms with E-state index in [0.717, 1.165) is 30.3 Å². The molecule has 1 aromatic heterocycles. The summed E-state index contributed by atoms with van der Waals surface area (Å²) in [6, 6.07) is 5.65. The average Bonchev–Trinajstić information content (AvgIpc) is 3.09. The second-order valence-electron chi connectivity index (χ2n) is 19.3. The van der Waals surface area contributed by atoms with Gasteiger partial charge in [0.2, 0.25) is 5.91 Å². The van der Waals surface area contributed by atoms with Gasteiger partial charge in [-0.15, -0.1) is 0 Å². The first-order valence-corrected chi connectivity index (χ1v) is 22.0. The molecule has 0 N–H and O–H groups in total.